The number of benzene rings is 2. The van der Waals surface area contributed by atoms with E-state index in [0.29, 0.717) is 12.1 Å². The molecule has 6 heteroatoms. The number of hydrogen-bond acceptors (Lipinski definition) is 3. The Labute approximate surface area is 178 Å². The molecule has 4 heterocycles. The van der Waals surface area contributed by atoms with Crippen LogP contribution in [0.3, 0.4) is 0 Å². The maximum atomic E-state index is 13.6. The summed E-state index contributed by atoms with van der Waals surface area (Å²) < 4.78 is 3.15. The lowest BCUT2D eigenvalue weighted by Gasteiger charge is -2.25. The molecule has 3 aromatic heterocycles. The van der Waals surface area contributed by atoms with Gasteiger partial charge in [0.25, 0.3) is 0 Å². The molecule has 1 atom stereocenters. The first-order chi connectivity index (χ1) is 15.2. The first-order valence-corrected chi connectivity index (χ1v) is 10.3. The topological polar surface area (TPSA) is 75.8 Å². The van der Waals surface area contributed by atoms with Crippen molar-refractivity contribution in [2.45, 2.75) is 19.0 Å². The van der Waals surface area contributed by atoms with E-state index in [9.17, 15) is 9.90 Å². The standard InChI is InChI=1S/C25H20N4O2/c30-24-21-14-19-18-11-4-5-12-20(18)27-22(19)23(16-8-2-1-3-9-16)29(21)25(31)28(24)15-17-10-6-7-13-26-17/h1-13,23,27,30H,14-15H2/t23-/m0/s1. The minimum Gasteiger partial charge on any atom is -0.493 e. The summed E-state index contributed by atoms with van der Waals surface area (Å²) >= 11 is 0. The Morgan fingerprint density at radius 1 is 1.00 bits per heavy atom. The van der Waals surface area contributed by atoms with Gasteiger partial charge in [0.2, 0.25) is 5.88 Å². The van der Waals surface area contributed by atoms with Crippen LogP contribution in [-0.4, -0.2) is 24.2 Å². The van der Waals surface area contributed by atoms with Crippen LogP contribution in [0.1, 0.15) is 34.3 Å². The van der Waals surface area contributed by atoms with Crippen molar-refractivity contribution in [3.8, 4) is 5.88 Å². The lowest BCUT2D eigenvalue weighted by molar-refractivity contribution is 0.415. The van der Waals surface area contributed by atoms with Gasteiger partial charge in [-0.2, -0.15) is 0 Å². The quantitative estimate of drug-likeness (QED) is 0.467. The van der Waals surface area contributed by atoms with E-state index in [1.54, 1.807) is 10.8 Å². The number of aromatic nitrogens is 4. The first kappa shape index (κ1) is 17.8. The maximum absolute atomic E-state index is 13.6. The molecule has 0 saturated carbocycles. The molecule has 6 nitrogen and oxygen atoms in total. The van der Waals surface area contributed by atoms with Crippen LogP contribution in [0.4, 0.5) is 0 Å². The van der Waals surface area contributed by atoms with Gasteiger partial charge in [-0.15, -0.1) is 0 Å². The summed E-state index contributed by atoms with van der Waals surface area (Å²) in [6.45, 7) is 0.224. The first-order valence-electron chi connectivity index (χ1n) is 10.3. The van der Waals surface area contributed by atoms with Crippen molar-refractivity contribution in [2.24, 2.45) is 0 Å². The Bertz CT molecular complexity index is 1460. The van der Waals surface area contributed by atoms with Gasteiger partial charge in [0.1, 0.15) is 6.04 Å². The molecular formula is C25H20N4O2. The normalized spacial score (nSPS) is 15.0. The fourth-order valence-electron chi connectivity index (χ4n) is 4.72. The third-order valence-corrected chi connectivity index (χ3v) is 6.13. The number of fused-ring (bicyclic) bond motifs is 4. The Balaban J connectivity index is 1.60. The van der Waals surface area contributed by atoms with E-state index in [-0.39, 0.29) is 24.2 Å². The molecule has 0 amide bonds. The Hall–Kier alpha value is -4.06. The van der Waals surface area contributed by atoms with Crippen molar-refractivity contribution in [3.05, 3.63) is 118 Å². The van der Waals surface area contributed by atoms with Crippen molar-refractivity contribution < 1.29 is 5.11 Å². The summed E-state index contributed by atoms with van der Waals surface area (Å²) in [4.78, 5) is 21.4. The van der Waals surface area contributed by atoms with Crippen LogP contribution in [0.2, 0.25) is 0 Å². The number of imidazole rings is 1. The predicted octanol–water partition coefficient (Wildman–Crippen LogP) is 3.82. The van der Waals surface area contributed by atoms with Crippen LogP contribution in [0.25, 0.3) is 10.9 Å². The molecule has 0 fully saturated rings. The molecule has 2 N–H and O–H groups in total. The fourth-order valence-corrected chi connectivity index (χ4v) is 4.72. The largest absolute Gasteiger partial charge is 0.493 e. The van der Waals surface area contributed by atoms with Gasteiger partial charge in [-0.1, -0.05) is 54.6 Å². The van der Waals surface area contributed by atoms with Gasteiger partial charge in [0.05, 0.1) is 17.9 Å². The average Bonchev–Trinajstić information content (AvgIpc) is 3.30. The number of H-pyrrole nitrogens is 1. The third-order valence-electron chi connectivity index (χ3n) is 6.13. The zero-order chi connectivity index (χ0) is 20.9. The summed E-state index contributed by atoms with van der Waals surface area (Å²) in [5.41, 5.74) is 5.26. The molecule has 1 aliphatic rings. The molecule has 2 aromatic carbocycles. The summed E-state index contributed by atoms with van der Waals surface area (Å²) in [6, 6.07) is 23.3. The van der Waals surface area contributed by atoms with Gasteiger partial charge in [-0.05, 0) is 29.3 Å². The van der Waals surface area contributed by atoms with E-state index >= 15 is 0 Å². The molecule has 0 aliphatic carbocycles. The molecule has 0 radical (unpaired) electrons. The van der Waals surface area contributed by atoms with Crippen molar-refractivity contribution in [3.63, 3.8) is 0 Å². The molecule has 5 aromatic rings. The average molecular weight is 408 g/mol. The second kappa shape index (κ2) is 6.74. The molecule has 0 unspecified atom stereocenters. The van der Waals surface area contributed by atoms with Crippen molar-refractivity contribution in [1.29, 1.82) is 0 Å². The SMILES string of the molecule is O=c1n(Cc2ccccn2)c(O)c2n1[C@@H](c1ccccc1)c1[nH]c3ccccc3c1C2. The number of aromatic amines is 1. The van der Waals surface area contributed by atoms with E-state index in [2.05, 4.69) is 16.0 Å². The van der Waals surface area contributed by atoms with Gasteiger partial charge < -0.3 is 10.1 Å². The third kappa shape index (κ3) is 2.65. The molecular weight excluding hydrogens is 388 g/mol. The van der Waals surface area contributed by atoms with Crippen molar-refractivity contribution in [2.75, 3.05) is 0 Å². The molecule has 0 bridgehead atoms. The summed E-state index contributed by atoms with van der Waals surface area (Å²) in [5, 5.41) is 12.2. The van der Waals surface area contributed by atoms with Gasteiger partial charge in [0.15, 0.2) is 0 Å². The van der Waals surface area contributed by atoms with Crippen LogP contribution in [0, 0.1) is 0 Å². The second-order valence-corrected chi connectivity index (χ2v) is 7.88. The molecule has 0 saturated heterocycles. The Morgan fingerprint density at radius 2 is 1.77 bits per heavy atom. The minimum absolute atomic E-state index is 0.00696. The highest BCUT2D eigenvalue weighted by Crippen LogP contribution is 2.40. The Kier molecular flexibility index (Phi) is 3.86. The molecule has 152 valence electrons. The number of nitrogens with one attached hydrogen (secondary N) is 1. The van der Waals surface area contributed by atoms with Crippen LogP contribution in [-0.2, 0) is 13.0 Å². The second-order valence-electron chi connectivity index (χ2n) is 7.88. The van der Waals surface area contributed by atoms with E-state index in [0.717, 1.165) is 33.4 Å². The smallest absolute Gasteiger partial charge is 0.332 e. The van der Waals surface area contributed by atoms with Crippen LogP contribution in [0.15, 0.2) is 83.8 Å². The molecule has 0 spiro atoms. The lowest BCUT2D eigenvalue weighted by atomic mass is 9.93. The lowest BCUT2D eigenvalue weighted by Crippen LogP contribution is -2.32. The number of aromatic hydroxyl groups is 1. The number of nitrogens with zero attached hydrogens (tertiary/aromatic N) is 3. The van der Waals surface area contributed by atoms with E-state index in [1.165, 1.54) is 4.57 Å². The van der Waals surface area contributed by atoms with Gasteiger partial charge in [0, 0.05) is 29.2 Å². The van der Waals surface area contributed by atoms with Gasteiger partial charge in [-0.25, -0.2) is 4.79 Å². The summed E-state index contributed by atoms with van der Waals surface area (Å²) in [5.74, 6) is 0.00696. The Morgan fingerprint density at radius 3 is 2.58 bits per heavy atom. The maximum Gasteiger partial charge on any atom is 0.332 e. The van der Waals surface area contributed by atoms with Crippen molar-refractivity contribution >= 4 is 10.9 Å². The number of pyridine rings is 1. The highest BCUT2D eigenvalue weighted by Gasteiger charge is 2.35. The van der Waals surface area contributed by atoms with E-state index in [4.69, 9.17) is 0 Å². The van der Waals surface area contributed by atoms with E-state index in [1.807, 2.05) is 66.7 Å². The summed E-state index contributed by atoms with van der Waals surface area (Å²) in [6.07, 6.45) is 2.18. The number of hydrogen-bond donors (Lipinski definition) is 2. The zero-order valence-corrected chi connectivity index (χ0v) is 16.7. The molecule has 6 rings (SSSR count). The minimum atomic E-state index is -0.337. The number of para-hydroxylation sites is 1. The fraction of sp³-hybridized carbons (Fsp3) is 0.120. The zero-order valence-electron chi connectivity index (χ0n) is 16.7. The molecule has 31 heavy (non-hydrogen) atoms. The van der Waals surface area contributed by atoms with Gasteiger partial charge >= 0.3 is 5.69 Å². The molecule has 1 aliphatic heterocycles. The summed E-state index contributed by atoms with van der Waals surface area (Å²) in [7, 11) is 0. The van der Waals surface area contributed by atoms with Crippen LogP contribution >= 0.6 is 0 Å². The van der Waals surface area contributed by atoms with E-state index < -0.39 is 0 Å². The monoisotopic (exact) mass is 408 g/mol. The highest BCUT2D eigenvalue weighted by molar-refractivity contribution is 5.86. The predicted molar refractivity (Wildman–Crippen MR) is 118 cm³/mol. The van der Waals surface area contributed by atoms with Crippen LogP contribution < -0.4 is 5.69 Å². The number of rotatable bonds is 3. The van der Waals surface area contributed by atoms with Crippen molar-refractivity contribution in [1.82, 2.24) is 19.1 Å². The highest BCUT2D eigenvalue weighted by atomic mass is 16.3. The van der Waals surface area contributed by atoms with Gasteiger partial charge in [-0.3, -0.25) is 14.1 Å². The van der Waals surface area contributed by atoms with Crippen LogP contribution in [0.5, 0.6) is 5.88 Å².